The summed E-state index contributed by atoms with van der Waals surface area (Å²) >= 11 is 3.39. The van der Waals surface area contributed by atoms with Crippen LogP contribution in [0.25, 0.3) is 0 Å². The van der Waals surface area contributed by atoms with E-state index in [1.54, 1.807) is 0 Å². The predicted molar refractivity (Wildman–Crippen MR) is 82.2 cm³/mol. The fourth-order valence-corrected chi connectivity index (χ4v) is 2.94. The number of anilines is 1. The van der Waals surface area contributed by atoms with Gasteiger partial charge in [-0.2, -0.15) is 0 Å². The van der Waals surface area contributed by atoms with Crippen LogP contribution in [0.1, 0.15) is 32.6 Å². The Bertz CT molecular complexity index is 438. The Balaban J connectivity index is 1.73. The Hall–Kier alpha value is -0.870. The number of carbonyl (C=O) groups excluding carboxylic acids is 1. The van der Waals surface area contributed by atoms with Crippen LogP contribution >= 0.6 is 15.9 Å². The number of hydrogen-bond donors (Lipinski definition) is 2. The monoisotopic (exact) mass is 324 g/mol. The van der Waals surface area contributed by atoms with E-state index in [0.717, 1.165) is 16.7 Å². The molecule has 0 heterocycles. The summed E-state index contributed by atoms with van der Waals surface area (Å²) in [5.41, 5.74) is 1.28. The molecule has 0 bridgehead atoms. The van der Waals surface area contributed by atoms with Crippen LogP contribution in [-0.4, -0.2) is 19.0 Å². The van der Waals surface area contributed by atoms with Crippen molar-refractivity contribution in [2.24, 2.45) is 5.41 Å². The van der Waals surface area contributed by atoms with Gasteiger partial charge in [0, 0.05) is 16.7 Å². The van der Waals surface area contributed by atoms with Gasteiger partial charge in [-0.25, -0.2) is 0 Å². The Morgan fingerprint density at radius 1 is 1.42 bits per heavy atom. The molecule has 0 aliphatic heterocycles. The third kappa shape index (κ3) is 4.05. The number of nitrogens with one attached hydrogen (secondary N) is 2. The highest BCUT2D eigenvalue weighted by atomic mass is 79.9. The lowest BCUT2D eigenvalue weighted by molar-refractivity contribution is -0.115. The number of benzene rings is 1. The standard InChI is InChI=1S/C15H21BrN2O/c1-2-15(7-4-8-15)11-17-10-14(19)18-13-6-3-5-12(16)9-13/h3,5-6,9,17H,2,4,7-8,10-11H2,1H3,(H,18,19). The first-order valence-corrected chi connectivity index (χ1v) is 7.69. The minimum absolute atomic E-state index is 0.0173. The Labute approximate surface area is 123 Å². The second-order valence-corrected chi connectivity index (χ2v) is 6.28. The quantitative estimate of drug-likeness (QED) is 0.840. The molecule has 0 unspecified atom stereocenters. The summed E-state index contributed by atoms with van der Waals surface area (Å²) in [6, 6.07) is 7.64. The molecule has 0 aromatic heterocycles. The van der Waals surface area contributed by atoms with Crippen molar-refractivity contribution in [2.75, 3.05) is 18.4 Å². The second kappa shape index (κ2) is 6.53. The molecule has 1 amide bonds. The molecule has 0 spiro atoms. The molecule has 0 radical (unpaired) electrons. The third-order valence-electron chi connectivity index (χ3n) is 4.06. The van der Waals surface area contributed by atoms with Crippen LogP contribution in [0.2, 0.25) is 0 Å². The highest BCUT2D eigenvalue weighted by Crippen LogP contribution is 2.42. The molecule has 1 aliphatic rings. The minimum atomic E-state index is 0.0173. The molecule has 1 aliphatic carbocycles. The van der Waals surface area contributed by atoms with Crippen LogP contribution < -0.4 is 10.6 Å². The van der Waals surface area contributed by atoms with Gasteiger partial charge < -0.3 is 10.6 Å². The molecule has 1 fully saturated rings. The first-order chi connectivity index (χ1) is 9.13. The lowest BCUT2D eigenvalue weighted by Gasteiger charge is -2.41. The molecule has 0 atom stereocenters. The van der Waals surface area contributed by atoms with Crippen molar-refractivity contribution in [1.29, 1.82) is 0 Å². The lowest BCUT2D eigenvalue weighted by Crippen LogP contribution is -2.41. The van der Waals surface area contributed by atoms with E-state index in [1.165, 1.54) is 25.7 Å². The second-order valence-electron chi connectivity index (χ2n) is 5.37. The normalized spacial score (nSPS) is 16.7. The van der Waals surface area contributed by atoms with Crippen LogP contribution in [-0.2, 0) is 4.79 Å². The average Bonchev–Trinajstić information content (AvgIpc) is 2.32. The van der Waals surface area contributed by atoms with Crippen molar-refractivity contribution in [3.05, 3.63) is 28.7 Å². The summed E-state index contributed by atoms with van der Waals surface area (Å²) in [5, 5.41) is 6.18. The topological polar surface area (TPSA) is 41.1 Å². The van der Waals surface area contributed by atoms with Crippen LogP contribution in [0.4, 0.5) is 5.69 Å². The van der Waals surface area contributed by atoms with Gasteiger partial charge in [0.1, 0.15) is 0 Å². The van der Waals surface area contributed by atoms with Gasteiger partial charge in [0.2, 0.25) is 5.91 Å². The van der Waals surface area contributed by atoms with E-state index in [1.807, 2.05) is 24.3 Å². The highest BCUT2D eigenvalue weighted by molar-refractivity contribution is 9.10. The maximum Gasteiger partial charge on any atom is 0.238 e. The zero-order valence-corrected chi connectivity index (χ0v) is 12.9. The minimum Gasteiger partial charge on any atom is -0.325 e. The Morgan fingerprint density at radius 2 is 2.21 bits per heavy atom. The van der Waals surface area contributed by atoms with E-state index in [4.69, 9.17) is 0 Å². The van der Waals surface area contributed by atoms with Crippen LogP contribution in [0.5, 0.6) is 0 Å². The Morgan fingerprint density at radius 3 is 2.79 bits per heavy atom. The zero-order chi connectivity index (χ0) is 13.7. The summed E-state index contributed by atoms with van der Waals surface area (Å²) in [7, 11) is 0. The fourth-order valence-electron chi connectivity index (χ4n) is 2.54. The van der Waals surface area contributed by atoms with Crippen molar-refractivity contribution in [3.8, 4) is 0 Å². The van der Waals surface area contributed by atoms with E-state index in [0.29, 0.717) is 12.0 Å². The van der Waals surface area contributed by atoms with E-state index in [2.05, 4.69) is 33.5 Å². The summed E-state index contributed by atoms with van der Waals surface area (Å²) in [6.45, 7) is 3.58. The van der Waals surface area contributed by atoms with Gasteiger partial charge in [0.05, 0.1) is 6.54 Å². The molecular formula is C15H21BrN2O. The summed E-state index contributed by atoms with van der Waals surface area (Å²) < 4.78 is 0.970. The average molecular weight is 325 g/mol. The van der Waals surface area contributed by atoms with Crippen molar-refractivity contribution in [3.63, 3.8) is 0 Å². The highest BCUT2D eigenvalue weighted by Gasteiger charge is 2.34. The Kier molecular flexibility index (Phi) is 4.99. The van der Waals surface area contributed by atoms with Gasteiger partial charge in [-0.3, -0.25) is 4.79 Å². The zero-order valence-electron chi connectivity index (χ0n) is 11.3. The van der Waals surface area contributed by atoms with Gasteiger partial charge in [-0.15, -0.1) is 0 Å². The molecule has 104 valence electrons. The van der Waals surface area contributed by atoms with E-state index in [9.17, 15) is 4.79 Å². The molecule has 1 aromatic rings. The van der Waals surface area contributed by atoms with Crippen molar-refractivity contribution in [1.82, 2.24) is 5.32 Å². The van der Waals surface area contributed by atoms with Crippen LogP contribution in [0.3, 0.4) is 0 Å². The number of rotatable bonds is 6. The SMILES string of the molecule is CCC1(CNCC(=O)Nc2cccc(Br)c2)CCC1. The summed E-state index contributed by atoms with van der Waals surface area (Å²) in [5.74, 6) is 0.0173. The summed E-state index contributed by atoms with van der Waals surface area (Å²) in [4.78, 5) is 11.8. The molecule has 2 N–H and O–H groups in total. The third-order valence-corrected chi connectivity index (χ3v) is 4.55. The number of halogens is 1. The first-order valence-electron chi connectivity index (χ1n) is 6.90. The molecule has 1 saturated carbocycles. The van der Waals surface area contributed by atoms with Gasteiger partial charge in [-0.1, -0.05) is 35.3 Å². The molecule has 4 heteroatoms. The number of carbonyl (C=O) groups is 1. The van der Waals surface area contributed by atoms with Crippen molar-refractivity contribution in [2.45, 2.75) is 32.6 Å². The predicted octanol–water partition coefficient (Wildman–Crippen LogP) is 3.56. The van der Waals surface area contributed by atoms with E-state index < -0.39 is 0 Å². The number of hydrogen-bond acceptors (Lipinski definition) is 2. The lowest BCUT2D eigenvalue weighted by atomic mass is 9.67. The molecule has 19 heavy (non-hydrogen) atoms. The van der Waals surface area contributed by atoms with Gasteiger partial charge in [-0.05, 0) is 42.9 Å². The van der Waals surface area contributed by atoms with Crippen molar-refractivity contribution >= 4 is 27.5 Å². The molecule has 1 aromatic carbocycles. The van der Waals surface area contributed by atoms with E-state index in [-0.39, 0.29) is 5.91 Å². The molecule has 3 nitrogen and oxygen atoms in total. The summed E-state index contributed by atoms with van der Waals surface area (Å²) in [6.07, 6.45) is 5.13. The van der Waals surface area contributed by atoms with Crippen LogP contribution in [0, 0.1) is 5.41 Å². The van der Waals surface area contributed by atoms with Crippen molar-refractivity contribution < 1.29 is 4.79 Å². The maximum atomic E-state index is 11.8. The smallest absolute Gasteiger partial charge is 0.238 e. The van der Waals surface area contributed by atoms with Gasteiger partial charge in [0.25, 0.3) is 0 Å². The van der Waals surface area contributed by atoms with E-state index >= 15 is 0 Å². The largest absolute Gasteiger partial charge is 0.325 e. The van der Waals surface area contributed by atoms with Gasteiger partial charge in [0.15, 0.2) is 0 Å². The fraction of sp³-hybridized carbons (Fsp3) is 0.533. The first kappa shape index (κ1) is 14.5. The maximum absolute atomic E-state index is 11.8. The number of amides is 1. The van der Waals surface area contributed by atoms with Gasteiger partial charge >= 0.3 is 0 Å². The molecule has 2 rings (SSSR count). The molecular weight excluding hydrogens is 304 g/mol. The molecule has 0 saturated heterocycles. The van der Waals surface area contributed by atoms with Crippen LogP contribution in [0.15, 0.2) is 28.7 Å².